The molecule has 0 fully saturated rings. The quantitative estimate of drug-likeness (QED) is 0.909. The third kappa shape index (κ3) is 2.02. The van der Waals surface area contributed by atoms with E-state index in [0.29, 0.717) is 11.5 Å². The molecule has 2 heterocycles. The second kappa shape index (κ2) is 4.87. The Morgan fingerprint density at radius 3 is 2.95 bits per heavy atom. The summed E-state index contributed by atoms with van der Waals surface area (Å²) in [4.78, 5) is 15.8. The zero-order valence-electron chi connectivity index (χ0n) is 11.5. The molecule has 112 valence electrons. The van der Waals surface area contributed by atoms with Crippen molar-refractivity contribution in [3.63, 3.8) is 0 Å². The van der Waals surface area contributed by atoms with Gasteiger partial charge in [-0.15, -0.1) is 0 Å². The molecule has 2 atom stereocenters. The van der Waals surface area contributed by atoms with Crippen molar-refractivity contribution in [3.05, 3.63) is 48.3 Å². The van der Waals surface area contributed by atoms with Gasteiger partial charge in [0.1, 0.15) is 24.5 Å². The van der Waals surface area contributed by atoms with Gasteiger partial charge in [-0.05, 0) is 17.7 Å². The van der Waals surface area contributed by atoms with E-state index in [-0.39, 0.29) is 30.7 Å². The molecule has 0 amide bonds. The second-order valence-corrected chi connectivity index (χ2v) is 5.28. The first-order valence-corrected chi connectivity index (χ1v) is 6.89. The van der Waals surface area contributed by atoms with Gasteiger partial charge in [0.2, 0.25) is 6.79 Å². The minimum atomic E-state index is -0.458. The average molecular weight is 299 g/mol. The van der Waals surface area contributed by atoms with Gasteiger partial charge in [-0.25, -0.2) is 9.67 Å². The molecule has 1 aromatic carbocycles. The summed E-state index contributed by atoms with van der Waals surface area (Å²) in [6.07, 6.45) is 4.48. The number of ether oxygens (including phenoxy) is 2. The Bertz CT molecular complexity index is 754. The predicted octanol–water partition coefficient (Wildman–Crippen LogP) is 1.75. The molecule has 7 nitrogen and oxygen atoms in total. The zero-order valence-corrected chi connectivity index (χ0v) is 11.5. The summed E-state index contributed by atoms with van der Waals surface area (Å²) >= 11 is 0. The number of rotatable bonds is 2. The number of carbonyl (C=O) groups excluding carboxylic acids is 1. The van der Waals surface area contributed by atoms with E-state index in [1.165, 1.54) is 18.7 Å². The van der Waals surface area contributed by atoms with Gasteiger partial charge < -0.3 is 14.6 Å². The highest BCUT2D eigenvalue weighted by molar-refractivity contribution is 5.92. The molecule has 1 N–H and O–H groups in total. The van der Waals surface area contributed by atoms with Gasteiger partial charge in [0, 0.05) is 18.4 Å². The van der Waals surface area contributed by atoms with E-state index in [2.05, 4.69) is 10.1 Å². The monoisotopic (exact) mass is 299 g/mol. The number of hydrogen-bond donors (Lipinski definition) is 1. The van der Waals surface area contributed by atoms with Crippen LogP contribution in [0.25, 0.3) is 0 Å². The summed E-state index contributed by atoms with van der Waals surface area (Å²) in [6.45, 7) is 0.194. The minimum Gasteiger partial charge on any atom is -0.510 e. The topological polar surface area (TPSA) is 86.5 Å². The van der Waals surface area contributed by atoms with Crippen molar-refractivity contribution in [2.24, 2.45) is 0 Å². The molecule has 0 bridgehead atoms. The minimum absolute atomic E-state index is 0.00980. The van der Waals surface area contributed by atoms with Crippen LogP contribution in [0.3, 0.4) is 0 Å². The maximum absolute atomic E-state index is 11.9. The van der Waals surface area contributed by atoms with E-state index in [9.17, 15) is 9.90 Å². The first-order chi connectivity index (χ1) is 10.7. The Hall–Kier alpha value is -2.83. The fourth-order valence-corrected chi connectivity index (χ4v) is 2.97. The van der Waals surface area contributed by atoms with Crippen LogP contribution in [0.1, 0.15) is 23.9 Å². The van der Waals surface area contributed by atoms with Gasteiger partial charge in [-0.3, -0.25) is 4.79 Å². The molecule has 1 aromatic heterocycles. The number of ketones is 1. The normalized spacial score (nSPS) is 23.5. The highest BCUT2D eigenvalue weighted by Crippen LogP contribution is 2.42. The fraction of sp³-hybridized carbons (Fsp3) is 0.267. The van der Waals surface area contributed by atoms with Crippen LogP contribution >= 0.6 is 0 Å². The van der Waals surface area contributed by atoms with E-state index >= 15 is 0 Å². The van der Waals surface area contributed by atoms with Crippen molar-refractivity contribution >= 4 is 5.78 Å². The first-order valence-electron chi connectivity index (χ1n) is 6.89. The van der Waals surface area contributed by atoms with Crippen LogP contribution in [0.4, 0.5) is 0 Å². The molecule has 0 spiro atoms. The number of allylic oxidation sites excluding steroid dienone is 2. The second-order valence-electron chi connectivity index (χ2n) is 5.28. The lowest BCUT2D eigenvalue weighted by Crippen LogP contribution is -2.27. The summed E-state index contributed by atoms with van der Waals surface area (Å²) in [5.41, 5.74) is 0.887. The maximum Gasteiger partial charge on any atom is 0.231 e. The molecule has 0 saturated carbocycles. The molecule has 0 radical (unpaired) electrons. The number of aliphatic hydroxyl groups excluding tert-OH is 1. The number of benzene rings is 1. The lowest BCUT2D eigenvalue weighted by Gasteiger charge is -2.29. The fourth-order valence-electron chi connectivity index (χ4n) is 2.97. The summed E-state index contributed by atoms with van der Waals surface area (Å²) < 4.78 is 12.3. The summed E-state index contributed by atoms with van der Waals surface area (Å²) in [7, 11) is 0. The van der Waals surface area contributed by atoms with Crippen molar-refractivity contribution < 1.29 is 19.4 Å². The molecule has 0 saturated heterocycles. The molecule has 0 unspecified atom stereocenters. The van der Waals surface area contributed by atoms with Crippen molar-refractivity contribution in [2.45, 2.75) is 18.4 Å². The molecule has 2 aliphatic rings. The molecule has 1 aliphatic carbocycles. The van der Waals surface area contributed by atoms with E-state index in [4.69, 9.17) is 9.47 Å². The standard InChI is InChI=1S/C15H13N3O4/c19-10-4-11(9-1-2-13-14(3-9)22-8-21-13)15(12(20)5-10)18-7-16-6-17-18/h1-3,5-7,11,15,20H,4,8H2/t11-,15+/m0/s1. The van der Waals surface area contributed by atoms with Crippen molar-refractivity contribution in [1.82, 2.24) is 14.8 Å². The van der Waals surface area contributed by atoms with E-state index in [0.717, 1.165) is 5.56 Å². The van der Waals surface area contributed by atoms with Gasteiger partial charge in [-0.1, -0.05) is 6.07 Å². The number of hydrogen-bond acceptors (Lipinski definition) is 6. The molecular weight excluding hydrogens is 286 g/mol. The summed E-state index contributed by atoms with van der Waals surface area (Å²) in [6, 6.07) is 5.09. The van der Waals surface area contributed by atoms with Crippen LogP contribution in [0.2, 0.25) is 0 Å². The largest absolute Gasteiger partial charge is 0.510 e. The average Bonchev–Trinajstić information content (AvgIpc) is 3.16. The molecule has 1 aliphatic heterocycles. The van der Waals surface area contributed by atoms with Gasteiger partial charge in [0.15, 0.2) is 17.3 Å². The van der Waals surface area contributed by atoms with Crippen molar-refractivity contribution in [1.29, 1.82) is 0 Å². The first kappa shape index (κ1) is 12.9. The number of fused-ring (bicyclic) bond motifs is 1. The molecular formula is C15H13N3O4. The van der Waals surface area contributed by atoms with Crippen molar-refractivity contribution in [2.75, 3.05) is 6.79 Å². The van der Waals surface area contributed by atoms with Crippen LogP contribution in [0.15, 0.2) is 42.7 Å². The Morgan fingerprint density at radius 1 is 1.27 bits per heavy atom. The molecule has 22 heavy (non-hydrogen) atoms. The van der Waals surface area contributed by atoms with Crippen LogP contribution in [0, 0.1) is 0 Å². The Morgan fingerprint density at radius 2 is 2.14 bits per heavy atom. The Kier molecular flexibility index (Phi) is 2.85. The SMILES string of the molecule is O=C1C=C(O)[C@H](n2cncn2)[C@H](c2ccc3c(c2)OCO3)C1. The van der Waals surface area contributed by atoms with Crippen molar-refractivity contribution in [3.8, 4) is 11.5 Å². The number of aliphatic hydroxyl groups is 1. The predicted molar refractivity (Wildman–Crippen MR) is 74.7 cm³/mol. The van der Waals surface area contributed by atoms with Gasteiger partial charge >= 0.3 is 0 Å². The summed E-state index contributed by atoms with van der Waals surface area (Å²) in [5.74, 6) is 0.967. The number of aromatic nitrogens is 3. The molecule has 7 heteroatoms. The smallest absolute Gasteiger partial charge is 0.231 e. The molecule has 4 rings (SSSR count). The Balaban J connectivity index is 1.78. The number of carbonyl (C=O) groups is 1. The van der Waals surface area contributed by atoms with Gasteiger partial charge in [0.05, 0.1) is 0 Å². The maximum atomic E-state index is 11.9. The highest BCUT2D eigenvalue weighted by Gasteiger charge is 2.35. The number of nitrogens with zero attached hydrogens (tertiary/aromatic N) is 3. The van der Waals surface area contributed by atoms with Crippen LogP contribution in [-0.4, -0.2) is 32.4 Å². The lowest BCUT2D eigenvalue weighted by molar-refractivity contribution is -0.116. The summed E-state index contributed by atoms with van der Waals surface area (Å²) in [5, 5.41) is 14.3. The molecule has 2 aromatic rings. The van der Waals surface area contributed by atoms with Gasteiger partial charge in [0.25, 0.3) is 0 Å². The van der Waals surface area contributed by atoms with Crippen LogP contribution < -0.4 is 9.47 Å². The Labute approximate surface area is 125 Å². The van der Waals surface area contributed by atoms with Crippen LogP contribution in [-0.2, 0) is 4.79 Å². The van der Waals surface area contributed by atoms with E-state index in [1.807, 2.05) is 18.2 Å². The zero-order chi connectivity index (χ0) is 15.1. The third-order valence-electron chi connectivity index (χ3n) is 3.96. The highest BCUT2D eigenvalue weighted by atomic mass is 16.7. The third-order valence-corrected chi connectivity index (χ3v) is 3.96. The van der Waals surface area contributed by atoms with Gasteiger partial charge in [-0.2, -0.15) is 5.10 Å². The lowest BCUT2D eigenvalue weighted by atomic mass is 9.82. The van der Waals surface area contributed by atoms with E-state index in [1.54, 1.807) is 4.68 Å². The van der Waals surface area contributed by atoms with E-state index < -0.39 is 6.04 Å². The van der Waals surface area contributed by atoms with Crippen LogP contribution in [0.5, 0.6) is 11.5 Å².